The van der Waals surface area contributed by atoms with E-state index in [0.29, 0.717) is 6.73 Å². The Morgan fingerprint density at radius 1 is 0.800 bits per heavy atom. The fourth-order valence-electron chi connectivity index (χ4n) is 4.05. The van der Waals surface area contributed by atoms with E-state index in [4.69, 9.17) is 9.73 Å². The molecule has 4 heteroatoms. The molecule has 0 aliphatic heterocycles. The van der Waals surface area contributed by atoms with Crippen molar-refractivity contribution in [3.8, 4) is 0 Å². The molecule has 1 aliphatic rings. The van der Waals surface area contributed by atoms with E-state index in [1.54, 1.807) is 7.11 Å². The molecule has 0 bridgehead atoms. The van der Waals surface area contributed by atoms with Gasteiger partial charge in [-0.25, -0.2) is 4.99 Å². The Balaban J connectivity index is 1.77. The van der Waals surface area contributed by atoms with Crippen LogP contribution in [0, 0.1) is 13.8 Å². The van der Waals surface area contributed by atoms with Crippen molar-refractivity contribution in [3.05, 3.63) is 87.1 Å². The molecule has 4 rings (SSSR count). The first kappa shape index (κ1) is 20.4. The first-order valence-electron chi connectivity index (χ1n) is 10.8. The molecule has 0 radical (unpaired) electrons. The largest absolute Gasteiger partial charge is 0.362 e. The topological polar surface area (TPSA) is 31.4 Å². The molecular formula is C26H31N3O. The lowest BCUT2D eigenvalue weighted by molar-refractivity contribution is 0.203. The van der Waals surface area contributed by atoms with E-state index in [0.717, 1.165) is 38.0 Å². The third-order valence-electron chi connectivity index (χ3n) is 5.71. The van der Waals surface area contributed by atoms with Crippen molar-refractivity contribution in [2.75, 3.05) is 13.8 Å². The number of aryl methyl sites for hydroxylation is 3. The van der Waals surface area contributed by atoms with E-state index >= 15 is 0 Å². The summed E-state index contributed by atoms with van der Waals surface area (Å²) in [6.45, 7) is 6.34. The van der Waals surface area contributed by atoms with E-state index < -0.39 is 0 Å². The van der Waals surface area contributed by atoms with Gasteiger partial charge in [-0.1, -0.05) is 71.8 Å². The lowest BCUT2D eigenvalue weighted by Crippen LogP contribution is -2.35. The van der Waals surface area contributed by atoms with Gasteiger partial charge in [0.15, 0.2) is 0 Å². The molecule has 0 saturated carbocycles. The quantitative estimate of drug-likeness (QED) is 0.599. The third kappa shape index (κ3) is 4.49. The molecule has 2 aromatic carbocycles. The predicted octanol–water partition coefficient (Wildman–Crippen LogP) is 3.06. The minimum atomic E-state index is 0.362. The lowest BCUT2D eigenvalue weighted by Gasteiger charge is -2.08. The molecule has 0 spiro atoms. The number of nitrogens with zero attached hydrogens (tertiary/aromatic N) is 3. The van der Waals surface area contributed by atoms with Crippen LogP contribution in [0.4, 0.5) is 0 Å². The fourth-order valence-corrected chi connectivity index (χ4v) is 4.05. The van der Waals surface area contributed by atoms with E-state index in [9.17, 15) is 0 Å². The Kier molecular flexibility index (Phi) is 6.34. The molecule has 156 valence electrons. The molecule has 0 saturated heterocycles. The van der Waals surface area contributed by atoms with Crippen LogP contribution in [0.25, 0.3) is 12.2 Å². The number of hydrogen-bond donors (Lipinski definition) is 0. The summed E-state index contributed by atoms with van der Waals surface area (Å²) in [5.41, 5.74) is 6.21. The van der Waals surface area contributed by atoms with Gasteiger partial charge in [0.2, 0.25) is 5.62 Å². The highest BCUT2D eigenvalue weighted by Gasteiger charge is 2.12. The van der Waals surface area contributed by atoms with Crippen LogP contribution in [0.2, 0.25) is 0 Å². The molecule has 0 atom stereocenters. The molecule has 1 aliphatic carbocycles. The zero-order valence-corrected chi connectivity index (χ0v) is 18.3. The van der Waals surface area contributed by atoms with Gasteiger partial charge in [0.25, 0.3) is 0 Å². The van der Waals surface area contributed by atoms with Crippen LogP contribution in [-0.2, 0) is 24.2 Å². The Morgan fingerprint density at radius 2 is 1.37 bits per heavy atom. The highest BCUT2D eigenvalue weighted by molar-refractivity contribution is 5.34. The maximum absolute atomic E-state index is 5.32. The van der Waals surface area contributed by atoms with Crippen LogP contribution in [0.15, 0.2) is 53.5 Å². The first-order chi connectivity index (χ1) is 14.7. The van der Waals surface area contributed by atoms with Crippen molar-refractivity contribution in [1.82, 2.24) is 9.13 Å². The summed E-state index contributed by atoms with van der Waals surface area (Å²) in [7, 11) is 1.70. The van der Waals surface area contributed by atoms with E-state index in [1.165, 1.54) is 33.0 Å². The summed E-state index contributed by atoms with van der Waals surface area (Å²) >= 11 is 0. The van der Waals surface area contributed by atoms with E-state index in [1.807, 2.05) is 0 Å². The normalized spacial score (nSPS) is 13.6. The molecule has 3 aromatic rings. The molecule has 1 aromatic heterocycles. The second-order valence-corrected chi connectivity index (χ2v) is 8.09. The maximum Gasteiger partial charge on any atom is 0.208 e. The van der Waals surface area contributed by atoms with Gasteiger partial charge in [0, 0.05) is 13.7 Å². The molecule has 0 fully saturated rings. The molecular weight excluding hydrogens is 370 g/mol. The lowest BCUT2D eigenvalue weighted by atomic mass is 10.1. The van der Waals surface area contributed by atoms with Gasteiger partial charge in [-0.2, -0.15) is 0 Å². The summed E-state index contributed by atoms with van der Waals surface area (Å²) in [5, 5.41) is 2.57. The van der Waals surface area contributed by atoms with Gasteiger partial charge in [0.05, 0.1) is 17.2 Å². The van der Waals surface area contributed by atoms with E-state index in [-0.39, 0.29) is 0 Å². The molecule has 4 nitrogen and oxygen atoms in total. The Bertz CT molecular complexity index is 1180. The van der Waals surface area contributed by atoms with Crippen molar-refractivity contribution in [2.45, 2.75) is 46.2 Å². The average Bonchev–Trinajstić information content (AvgIpc) is 3.06. The third-order valence-corrected chi connectivity index (χ3v) is 5.71. The fraction of sp³-hybridized carbons (Fsp3) is 0.346. The minimum absolute atomic E-state index is 0.362. The molecule has 0 amide bonds. The zero-order chi connectivity index (χ0) is 20.9. The summed E-state index contributed by atoms with van der Waals surface area (Å²) in [5.74, 6) is 0. The number of ether oxygens (including phenoxy) is 1. The Hall–Kier alpha value is -2.85. The monoisotopic (exact) mass is 401 g/mol. The van der Waals surface area contributed by atoms with Crippen molar-refractivity contribution in [1.29, 1.82) is 0 Å². The summed E-state index contributed by atoms with van der Waals surface area (Å²) < 4.78 is 10.0. The van der Waals surface area contributed by atoms with Crippen LogP contribution in [0.3, 0.4) is 0 Å². The SMILES string of the molecule is COC/N=c1\n(CCc2ccc(C)cc2)c2c(n1Cc1ccc(C)cc1)=CCCC=2. The van der Waals surface area contributed by atoms with Crippen molar-refractivity contribution < 1.29 is 4.74 Å². The zero-order valence-electron chi connectivity index (χ0n) is 18.3. The van der Waals surface area contributed by atoms with Crippen molar-refractivity contribution >= 4 is 12.2 Å². The van der Waals surface area contributed by atoms with Crippen molar-refractivity contribution in [2.24, 2.45) is 4.99 Å². The number of imidazole rings is 1. The first-order valence-corrected chi connectivity index (χ1v) is 10.8. The Morgan fingerprint density at radius 3 is 1.97 bits per heavy atom. The van der Waals surface area contributed by atoms with Crippen LogP contribution < -0.4 is 16.3 Å². The number of hydrogen-bond acceptors (Lipinski definition) is 2. The molecule has 1 heterocycles. The highest BCUT2D eigenvalue weighted by Crippen LogP contribution is 2.06. The molecule has 0 N–H and O–H groups in total. The Labute approximate surface area is 178 Å². The van der Waals surface area contributed by atoms with Gasteiger partial charge in [-0.05, 0) is 44.2 Å². The predicted molar refractivity (Wildman–Crippen MR) is 122 cm³/mol. The minimum Gasteiger partial charge on any atom is -0.362 e. The van der Waals surface area contributed by atoms with Gasteiger partial charge in [0.1, 0.15) is 6.73 Å². The van der Waals surface area contributed by atoms with Crippen LogP contribution in [0.1, 0.15) is 35.1 Å². The van der Waals surface area contributed by atoms with Gasteiger partial charge in [-0.3, -0.25) is 0 Å². The maximum atomic E-state index is 5.32. The summed E-state index contributed by atoms with van der Waals surface area (Å²) in [6.07, 6.45) is 7.86. The van der Waals surface area contributed by atoms with Crippen LogP contribution >= 0.6 is 0 Å². The second-order valence-electron chi connectivity index (χ2n) is 8.09. The summed E-state index contributed by atoms with van der Waals surface area (Å²) in [4.78, 5) is 4.83. The number of fused-ring (bicyclic) bond motifs is 1. The second kappa shape index (κ2) is 9.31. The standard InChI is InChI=1S/C26H31N3O/c1-20-8-12-22(13-9-20)16-17-28-24-6-4-5-7-25(24)29(26(28)27-19-30-3)18-23-14-10-21(2)11-15-23/h6-15H,4-5,16-19H2,1-3H3/b27-26+. The van der Waals surface area contributed by atoms with Crippen molar-refractivity contribution in [3.63, 3.8) is 0 Å². The van der Waals surface area contributed by atoms with E-state index in [2.05, 4.69) is 83.7 Å². The molecule has 0 unspecified atom stereocenters. The van der Waals surface area contributed by atoms with Crippen LogP contribution in [-0.4, -0.2) is 23.0 Å². The van der Waals surface area contributed by atoms with Gasteiger partial charge in [-0.15, -0.1) is 0 Å². The summed E-state index contributed by atoms with van der Waals surface area (Å²) in [6, 6.07) is 17.6. The molecule has 30 heavy (non-hydrogen) atoms. The van der Waals surface area contributed by atoms with Crippen LogP contribution in [0.5, 0.6) is 0 Å². The number of aromatic nitrogens is 2. The number of benzene rings is 2. The number of methoxy groups -OCH3 is 1. The van der Waals surface area contributed by atoms with Gasteiger partial charge >= 0.3 is 0 Å². The average molecular weight is 402 g/mol. The smallest absolute Gasteiger partial charge is 0.208 e. The van der Waals surface area contributed by atoms with Gasteiger partial charge < -0.3 is 13.9 Å². The highest BCUT2D eigenvalue weighted by atomic mass is 16.5. The number of rotatable bonds is 7.